The van der Waals surface area contributed by atoms with Gasteiger partial charge >= 0.3 is 0 Å². The summed E-state index contributed by atoms with van der Waals surface area (Å²) in [5.41, 5.74) is 0. The molecule has 0 bridgehead atoms. The van der Waals surface area contributed by atoms with Gasteiger partial charge in [0.05, 0.1) is 38.6 Å². The fraction of sp³-hybridized carbons (Fsp3) is 0.988. The van der Waals surface area contributed by atoms with Crippen molar-refractivity contribution in [3.63, 3.8) is 0 Å². The molecule has 1 amide bonds. The average molecular weight is 1430 g/mol. The molecular formula is C81H157NO18. The van der Waals surface area contributed by atoms with Crippen molar-refractivity contribution < 1.29 is 89.4 Å². The molecule has 3 fully saturated rings. The predicted octanol–water partition coefficient (Wildman–Crippen LogP) is 14.6. The van der Waals surface area contributed by atoms with Crippen LogP contribution >= 0.6 is 0 Å². The second-order valence-corrected chi connectivity index (χ2v) is 30.7. The fourth-order valence-corrected chi connectivity index (χ4v) is 14.9. The Hall–Kier alpha value is -1.21. The molecule has 17 atom stereocenters. The van der Waals surface area contributed by atoms with E-state index in [0.29, 0.717) is 12.8 Å². The van der Waals surface area contributed by atoms with E-state index in [0.717, 1.165) is 44.9 Å². The monoisotopic (exact) mass is 1430 g/mol. The standard InChI is InChI=1S/C81H157NO18/c1-3-5-7-9-11-13-15-17-19-20-21-22-23-24-25-26-27-28-29-30-31-32-33-34-35-36-37-38-39-40-41-42-43-44-45-47-49-51-53-55-57-59-69(87)82-64(65(86)58-56-54-52-50-48-46-18-16-14-12-10-8-6-4-2)63-95-79-75(93)72(90)77(67(61-84)97-79)100-81-76(94)73(91)78(68(62-85)98-81)99-80-74(92)71(89)70(88)66(60-83)96-80/h64-68,70-81,83-86,88-94H,3-63H2,1-2H3,(H,82,87). The lowest BCUT2D eigenvalue weighted by Gasteiger charge is -2.48. The third kappa shape index (κ3) is 42.4. The highest BCUT2D eigenvalue weighted by molar-refractivity contribution is 5.76. The molecule has 0 saturated carbocycles. The number of hydrogen-bond acceptors (Lipinski definition) is 18. The number of rotatable bonds is 69. The van der Waals surface area contributed by atoms with E-state index in [1.165, 1.54) is 302 Å². The highest BCUT2D eigenvalue weighted by atomic mass is 16.8. The minimum atomic E-state index is -1.97. The van der Waals surface area contributed by atoms with Gasteiger partial charge in [-0.15, -0.1) is 0 Å². The molecule has 0 aromatic heterocycles. The predicted molar refractivity (Wildman–Crippen MR) is 397 cm³/mol. The maximum atomic E-state index is 13.5. The summed E-state index contributed by atoms with van der Waals surface area (Å²) in [5.74, 6) is -0.234. The summed E-state index contributed by atoms with van der Waals surface area (Å²) in [7, 11) is 0. The summed E-state index contributed by atoms with van der Waals surface area (Å²) >= 11 is 0. The van der Waals surface area contributed by atoms with Crippen LogP contribution in [0.15, 0.2) is 0 Å². The summed E-state index contributed by atoms with van der Waals surface area (Å²) in [6, 6.07) is -0.882. The Kier molecular flexibility index (Phi) is 58.4. The normalized spacial score (nSPS) is 26.4. The van der Waals surface area contributed by atoms with E-state index in [1.54, 1.807) is 0 Å². The van der Waals surface area contributed by atoms with Gasteiger partial charge in [-0.05, 0) is 12.8 Å². The van der Waals surface area contributed by atoms with Crippen molar-refractivity contribution >= 4 is 5.91 Å². The molecule has 19 heteroatoms. The molecule has 0 aliphatic carbocycles. The lowest BCUT2D eigenvalue weighted by molar-refractivity contribution is -0.379. The Balaban J connectivity index is 1.25. The molecule has 19 nitrogen and oxygen atoms in total. The van der Waals surface area contributed by atoms with Crippen LogP contribution in [0.5, 0.6) is 0 Å². The van der Waals surface area contributed by atoms with Crippen LogP contribution in [0, 0.1) is 0 Å². The molecular weight excluding hydrogens is 1270 g/mol. The van der Waals surface area contributed by atoms with Gasteiger partial charge in [0, 0.05) is 6.42 Å². The largest absolute Gasteiger partial charge is 0.394 e. The molecule has 100 heavy (non-hydrogen) atoms. The first-order chi connectivity index (χ1) is 48.8. The molecule has 3 saturated heterocycles. The van der Waals surface area contributed by atoms with E-state index in [2.05, 4.69) is 19.2 Å². The molecule has 3 heterocycles. The first-order valence-electron chi connectivity index (χ1n) is 42.3. The van der Waals surface area contributed by atoms with Crippen molar-refractivity contribution in [1.82, 2.24) is 5.32 Å². The first kappa shape index (κ1) is 93.0. The molecule has 12 N–H and O–H groups in total. The summed E-state index contributed by atoms with van der Waals surface area (Å²) < 4.78 is 34.5. The van der Waals surface area contributed by atoms with E-state index in [1.807, 2.05) is 0 Å². The Bertz CT molecular complexity index is 1810. The second-order valence-electron chi connectivity index (χ2n) is 30.7. The smallest absolute Gasteiger partial charge is 0.220 e. The molecule has 594 valence electrons. The Morgan fingerprint density at radius 1 is 0.320 bits per heavy atom. The zero-order valence-corrected chi connectivity index (χ0v) is 63.7. The Morgan fingerprint density at radius 3 is 0.870 bits per heavy atom. The van der Waals surface area contributed by atoms with Crippen LogP contribution in [0.25, 0.3) is 0 Å². The molecule has 0 aromatic rings. The number of ether oxygens (including phenoxy) is 6. The van der Waals surface area contributed by atoms with Gasteiger partial charge < -0.3 is 89.9 Å². The van der Waals surface area contributed by atoms with E-state index in [4.69, 9.17) is 28.4 Å². The van der Waals surface area contributed by atoms with E-state index in [9.17, 15) is 61.0 Å². The number of carbonyl (C=O) groups excluding carboxylic acids is 1. The topological polar surface area (TPSA) is 307 Å². The highest BCUT2D eigenvalue weighted by Crippen LogP contribution is 2.34. The summed E-state index contributed by atoms with van der Waals surface area (Å²) in [5, 5.41) is 121. The van der Waals surface area contributed by atoms with Gasteiger partial charge in [-0.2, -0.15) is 0 Å². The minimum absolute atomic E-state index is 0.234. The summed E-state index contributed by atoms with van der Waals surface area (Å²) in [6.07, 6.45) is 46.8. The molecule has 0 spiro atoms. The third-order valence-corrected chi connectivity index (χ3v) is 21.7. The summed E-state index contributed by atoms with van der Waals surface area (Å²) in [6.45, 7) is 1.85. The third-order valence-electron chi connectivity index (χ3n) is 21.7. The number of aliphatic hydroxyl groups excluding tert-OH is 11. The van der Waals surface area contributed by atoms with Crippen molar-refractivity contribution in [2.24, 2.45) is 0 Å². The molecule has 0 radical (unpaired) electrons. The van der Waals surface area contributed by atoms with E-state index in [-0.39, 0.29) is 18.9 Å². The van der Waals surface area contributed by atoms with E-state index < -0.39 is 124 Å². The Labute approximate surface area is 608 Å². The van der Waals surface area contributed by atoms with Gasteiger partial charge in [0.15, 0.2) is 18.9 Å². The van der Waals surface area contributed by atoms with Crippen molar-refractivity contribution in [3.05, 3.63) is 0 Å². The molecule has 0 aromatic carbocycles. The van der Waals surface area contributed by atoms with Crippen LogP contribution in [0.2, 0.25) is 0 Å². The van der Waals surface area contributed by atoms with Crippen molar-refractivity contribution in [2.75, 3.05) is 26.4 Å². The molecule has 17 unspecified atom stereocenters. The number of hydrogen-bond donors (Lipinski definition) is 12. The van der Waals surface area contributed by atoms with Crippen LogP contribution in [0.4, 0.5) is 0 Å². The quantitative estimate of drug-likeness (QED) is 0.0252. The first-order valence-corrected chi connectivity index (χ1v) is 42.3. The maximum absolute atomic E-state index is 13.5. The Morgan fingerprint density at radius 2 is 0.570 bits per heavy atom. The minimum Gasteiger partial charge on any atom is -0.394 e. The second kappa shape index (κ2) is 62.8. The lowest BCUT2D eigenvalue weighted by atomic mass is 9.96. The van der Waals surface area contributed by atoms with E-state index >= 15 is 0 Å². The van der Waals surface area contributed by atoms with Crippen LogP contribution in [-0.2, 0) is 33.2 Å². The van der Waals surface area contributed by atoms with Crippen LogP contribution in [0.3, 0.4) is 0 Å². The van der Waals surface area contributed by atoms with Crippen LogP contribution in [0.1, 0.15) is 380 Å². The van der Waals surface area contributed by atoms with Crippen molar-refractivity contribution in [3.8, 4) is 0 Å². The lowest BCUT2D eigenvalue weighted by Crippen LogP contribution is -2.66. The van der Waals surface area contributed by atoms with Crippen molar-refractivity contribution in [1.29, 1.82) is 0 Å². The number of nitrogens with one attached hydrogen (secondary N) is 1. The van der Waals surface area contributed by atoms with Gasteiger partial charge in [0.1, 0.15) is 73.2 Å². The zero-order chi connectivity index (χ0) is 72.5. The van der Waals surface area contributed by atoms with Crippen LogP contribution < -0.4 is 5.32 Å². The van der Waals surface area contributed by atoms with Gasteiger partial charge in [-0.3, -0.25) is 4.79 Å². The zero-order valence-electron chi connectivity index (χ0n) is 63.7. The molecule has 3 rings (SSSR count). The summed E-state index contributed by atoms with van der Waals surface area (Å²) in [4.78, 5) is 13.5. The average Bonchev–Trinajstić information content (AvgIpc) is 0.783. The van der Waals surface area contributed by atoms with Crippen LogP contribution in [-0.4, -0.2) is 193 Å². The number of unbranched alkanes of at least 4 members (excludes halogenated alkanes) is 53. The number of carbonyl (C=O) groups is 1. The molecule has 3 aliphatic heterocycles. The SMILES string of the molecule is CCCCCCCCCCCCCCCCCCCCCCCCCCCCCCCCCCCCCCCCCCCC(=O)NC(COC1OC(CO)C(OC2OC(CO)C(OC3OC(CO)C(O)C(O)C3O)C(O)C2O)C(O)C1O)C(O)CCCCCCCCCCCCCCCC. The maximum Gasteiger partial charge on any atom is 0.220 e. The fourth-order valence-electron chi connectivity index (χ4n) is 14.9. The van der Waals surface area contributed by atoms with Gasteiger partial charge in [-0.25, -0.2) is 0 Å². The van der Waals surface area contributed by atoms with Gasteiger partial charge in [0.25, 0.3) is 0 Å². The molecule has 3 aliphatic rings. The number of amides is 1. The number of aliphatic hydroxyl groups is 11. The van der Waals surface area contributed by atoms with Gasteiger partial charge in [-0.1, -0.05) is 361 Å². The van der Waals surface area contributed by atoms with Crippen molar-refractivity contribution in [2.45, 2.75) is 484 Å². The van der Waals surface area contributed by atoms with Gasteiger partial charge in [0.2, 0.25) is 5.91 Å². The highest BCUT2D eigenvalue weighted by Gasteiger charge is 2.54.